The summed E-state index contributed by atoms with van der Waals surface area (Å²) >= 11 is 5.86. The lowest BCUT2D eigenvalue weighted by molar-refractivity contribution is 0.372. The number of hydrogen-bond acceptors (Lipinski definition) is 3. The van der Waals surface area contributed by atoms with Gasteiger partial charge in [0.15, 0.2) is 11.5 Å². The minimum absolute atomic E-state index is 0. The Kier molecular flexibility index (Phi) is 6.56. The topological polar surface area (TPSA) is 55.5 Å². The molecule has 0 unspecified atom stereocenters. The summed E-state index contributed by atoms with van der Waals surface area (Å²) in [6.07, 6.45) is 1.88. The van der Waals surface area contributed by atoms with Crippen LogP contribution in [0, 0.1) is 0 Å². The Labute approximate surface area is 107 Å². The molecule has 0 aliphatic rings. The second-order valence-electron chi connectivity index (χ2n) is 3.45. The molecule has 0 bridgehead atoms. The minimum Gasteiger partial charge on any atom is -0.503 e. The van der Waals surface area contributed by atoms with Crippen LogP contribution in [0.3, 0.4) is 0 Å². The van der Waals surface area contributed by atoms with Crippen LogP contribution in [0.25, 0.3) is 0 Å². The fraction of sp³-hybridized carbons (Fsp3) is 0.455. The molecule has 0 heterocycles. The van der Waals surface area contributed by atoms with E-state index >= 15 is 0 Å². The Balaban J connectivity index is 0.00000225. The highest BCUT2D eigenvalue weighted by Gasteiger charge is 2.12. The van der Waals surface area contributed by atoms with Crippen LogP contribution in [0.15, 0.2) is 12.1 Å². The summed E-state index contributed by atoms with van der Waals surface area (Å²) in [7, 11) is 1.49. The second-order valence-corrected chi connectivity index (χ2v) is 3.86. The van der Waals surface area contributed by atoms with E-state index in [4.69, 9.17) is 22.1 Å². The quantitative estimate of drug-likeness (QED) is 0.879. The molecule has 0 aliphatic heterocycles. The van der Waals surface area contributed by atoms with Crippen molar-refractivity contribution in [2.45, 2.75) is 25.8 Å². The van der Waals surface area contributed by atoms with E-state index in [0.717, 1.165) is 18.4 Å². The van der Waals surface area contributed by atoms with E-state index in [2.05, 4.69) is 6.92 Å². The molecule has 0 saturated carbocycles. The summed E-state index contributed by atoms with van der Waals surface area (Å²) in [5.74, 6) is 0.329. The van der Waals surface area contributed by atoms with Crippen LogP contribution in [0.2, 0.25) is 5.02 Å². The van der Waals surface area contributed by atoms with Crippen molar-refractivity contribution >= 4 is 24.0 Å². The summed E-state index contributed by atoms with van der Waals surface area (Å²) in [4.78, 5) is 0. The number of aromatic hydroxyl groups is 1. The lowest BCUT2D eigenvalue weighted by Crippen LogP contribution is -2.09. The Morgan fingerprint density at radius 1 is 1.50 bits per heavy atom. The van der Waals surface area contributed by atoms with Gasteiger partial charge in [-0.2, -0.15) is 0 Å². The third-order valence-electron chi connectivity index (χ3n) is 2.30. The Morgan fingerprint density at radius 2 is 2.12 bits per heavy atom. The molecule has 0 aliphatic carbocycles. The molecule has 0 amide bonds. The van der Waals surface area contributed by atoms with Crippen LogP contribution in [0.1, 0.15) is 31.4 Å². The molecular weight excluding hydrogens is 249 g/mol. The van der Waals surface area contributed by atoms with Gasteiger partial charge in [-0.1, -0.05) is 24.9 Å². The fourth-order valence-corrected chi connectivity index (χ4v) is 1.66. The second kappa shape index (κ2) is 6.84. The highest BCUT2D eigenvalue weighted by Crippen LogP contribution is 2.36. The summed E-state index contributed by atoms with van der Waals surface area (Å²) in [5.41, 5.74) is 6.84. The Morgan fingerprint density at radius 3 is 2.62 bits per heavy atom. The molecule has 16 heavy (non-hydrogen) atoms. The molecule has 0 fully saturated rings. The first kappa shape index (κ1) is 15.4. The van der Waals surface area contributed by atoms with E-state index in [1.54, 1.807) is 12.1 Å². The molecular formula is C11H17Cl2NO2. The van der Waals surface area contributed by atoms with Crippen molar-refractivity contribution in [3.63, 3.8) is 0 Å². The average Bonchev–Trinajstić information content (AvgIpc) is 2.22. The third kappa shape index (κ3) is 3.44. The van der Waals surface area contributed by atoms with Crippen molar-refractivity contribution in [3.8, 4) is 11.5 Å². The largest absolute Gasteiger partial charge is 0.503 e. The number of methoxy groups -OCH3 is 1. The van der Waals surface area contributed by atoms with E-state index in [1.165, 1.54) is 7.11 Å². The average molecular weight is 266 g/mol. The molecule has 1 aromatic carbocycles. The van der Waals surface area contributed by atoms with Gasteiger partial charge in [0.1, 0.15) is 0 Å². The van der Waals surface area contributed by atoms with Crippen molar-refractivity contribution in [1.29, 1.82) is 0 Å². The Bertz CT molecular complexity index is 345. The van der Waals surface area contributed by atoms with Gasteiger partial charge in [-0.3, -0.25) is 0 Å². The van der Waals surface area contributed by atoms with Crippen molar-refractivity contribution < 1.29 is 9.84 Å². The van der Waals surface area contributed by atoms with E-state index < -0.39 is 0 Å². The van der Waals surface area contributed by atoms with Gasteiger partial charge in [0.25, 0.3) is 0 Å². The monoisotopic (exact) mass is 265 g/mol. The number of ether oxygens (including phenoxy) is 1. The van der Waals surface area contributed by atoms with Crippen LogP contribution in [-0.4, -0.2) is 12.2 Å². The number of rotatable bonds is 4. The van der Waals surface area contributed by atoms with Gasteiger partial charge >= 0.3 is 0 Å². The predicted molar refractivity (Wildman–Crippen MR) is 68.8 cm³/mol. The van der Waals surface area contributed by atoms with E-state index in [9.17, 15) is 5.11 Å². The van der Waals surface area contributed by atoms with Crippen molar-refractivity contribution in [2.24, 2.45) is 5.73 Å². The first-order valence-electron chi connectivity index (χ1n) is 4.92. The molecule has 0 saturated heterocycles. The van der Waals surface area contributed by atoms with Crippen LogP contribution in [-0.2, 0) is 0 Å². The molecule has 0 aromatic heterocycles. The predicted octanol–water partition coefficient (Wildman–Crippen LogP) is 3.28. The van der Waals surface area contributed by atoms with Crippen molar-refractivity contribution in [3.05, 3.63) is 22.7 Å². The number of hydrogen-bond donors (Lipinski definition) is 2. The van der Waals surface area contributed by atoms with Gasteiger partial charge in [0, 0.05) is 6.04 Å². The maximum atomic E-state index is 9.54. The first-order valence-corrected chi connectivity index (χ1v) is 5.29. The van der Waals surface area contributed by atoms with Crippen molar-refractivity contribution in [2.75, 3.05) is 7.11 Å². The fourth-order valence-electron chi connectivity index (χ4n) is 1.44. The van der Waals surface area contributed by atoms with E-state index in [-0.39, 0.29) is 29.2 Å². The Hall–Kier alpha value is -0.640. The summed E-state index contributed by atoms with van der Waals surface area (Å²) in [6.45, 7) is 2.07. The molecule has 92 valence electrons. The molecule has 3 nitrogen and oxygen atoms in total. The standard InChI is InChI=1S/C11H16ClNO2.ClH/c1-3-4-9(13)7-5-8(12)11(14)10(6-7)15-2;/h5-6,9,14H,3-4,13H2,1-2H3;1H/t9-;/m1./s1. The highest BCUT2D eigenvalue weighted by atomic mass is 35.5. The van der Waals surface area contributed by atoms with Gasteiger partial charge in [-0.25, -0.2) is 0 Å². The van der Waals surface area contributed by atoms with Crippen LogP contribution in [0.5, 0.6) is 11.5 Å². The first-order chi connectivity index (χ1) is 7.10. The molecule has 1 aromatic rings. The van der Waals surface area contributed by atoms with Crippen LogP contribution < -0.4 is 10.5 Å². The van der Waals surface area contributed by atoms with E-state index in [0.29, 0.717) is 5.75 Å². The van der Waals surface area contributed by atoms with Gasteiger partial charge in [0.2, 0.25) is 0 Å². The van der Waals surface area contributed by atoms with Crippen LogP contribution in [0.4, 0.5) is 0 Å². The zero-order valence-corrected chi connectivity index (χ0v) is 10.9. The summed E-state index contributed by atoms with van der Waals surface area (Å²) in [5, 5.41) is 9.81. The number of benzene rings is 1. The molecule has 1 atom stereocenters. The number of halogens is 2. The maximum Gasteiger partial charge on any atom is 0.176 e. The SMILES string of the molecule is CCC[C@@H](N)c1cc(Cl)c(O)c(OC)c1.Cl. The summed E-state index contributed by atoms with van der Waals surface area (Å²) < 4.78 is 5.00. The molecule has 3 N–H and O–H groups in total. The summed E-state index contributed by atoms with van der Waals surface area (Å²) in [6, 6.07) is 3.34. The smallest absolute Gasteiger partial charge is 0.176 e. The minimum atomic E-state index is -0.0676. The zero-order valence-electron chi connectivity index (χ0n) is 9.37. The van der Waals surface area contributed by atoms with Gasteiger partial charge in [0.05, 0.1) is 12.1 Å². The van der Waals surface area contributed by atoms with Gasteiger partial charge in [-0.05, 0) is 24.1 Å². The molecule has 0 radical (unpaired) electrons. The van der Waals surface area contributed by atoms with Crippen LogP contribution >= 0.6 is 24.0 Å². The lowest BCUT2D eigenvalue weighted by atomic mass is 10.0. The third-order valence-corrected chi connectivity index (χ3v) is 2.59. The van der Waals surface area contributed by atoms with Crippen molar-refractivity contribution in [1.82, 2.24) is 0 Å². The van der Waals surface area contributed by atoms with Gasteiger partial charge < -0.3 is 15.6 Å². The molecule has 1 rings (SSSR count). The molecule has 5 heteroatoms. The number of phenols is 1. The number of phenolic OH excluding ortho intramolecular Hbond substituents is 1. The zero-order chi connectivity index (χ0) is 11.4. The van der Waals surface area contributed by atoms with Gasteiger partial charge in [-0.15, -0.1) is 12.4 Å². The normalized spacial score (nSPS) is 11.8. The highest BCUT2D eigenvalue weighted by molar-refractivity contribution is 6.32. The molecule has 0 spiro atoms. The van der Waals surface area contributed by atoms with E-state index in [1.807, 2.05) is 0 Å². The lowest BCUT2D eigenvalue weighted by Gasteiger charge is -2.13. The number of nitrogens with two attached hydrogens (primary N) is 1. The maximum absolute atomic E-state index is 9.54.